The summed E-state index contributed by atoms with van der Waals surface area (Å²) in [6.07, 6.45) is 0. The van der Waals surface area contributed by atoms with Gasteiger partial charge in [-0.05, 0) is 48.9 Å². The molecule has 8 nitrogen and oxygen atoms in total. The predicted molar refractivity (Wildman–Crippen MR) is 131 cm³/mol. The average Bonchev–Trinajstić information content (AvgIpc) is 3.07. The number of amides is 1. The zero-order valence-electron chi connectivity index (χ0n) is 18.4. The first-order valence-electron chi connectivity index (χ1n) is 10.2. The smallest absolute Gasteiger partial charge is 0.285 e. The summed E-state index contributed by atoms with van der Waals surface area (Å²) in [6, 6.07) is 19.7. The Kier molecular flexibility index (Phi) is 6.41. The van der Waals surface area contributed by atoms with Gasteiger partial charge in [0.1, 0.15) is 6.54 Å². The monoisotopic (exact) mass is 496 g/mol. The van der Waals surface area contributed by atoms with Crippen LogP contribution in [0.2, 0.25) is 5.02 Å². The van der Waals surface area contributed by atoms with Crippen molar-refractivity contribution in [3.05, 3.63) is 83.4 Å². The van der Waals surface area contributed by atoms with Crippen molar-refractivity contribution in [2.45, 2.75) is 11.8 Å². The maximum atomic E-state index is 13.4. The lowest BCUT2D eigenvalue weighted by atomic mass is 10.2. The number of sulfonamides is 1. The van der Waals surface area contributed by atoms with Crippen LogP contribution in [0.1, 0.15) is 5.56 Å². The first-order valence-corrected chi connectivity index (χ1v) is 12.1. The summed E-state index contributed by atoms with van der Waals surface area (Å²) in [5.41, 5.74) is 1.71. The van der Waals surface area contributed by atoms with E-state index in [9.17, 15) is 18.3 Å². The second kappa shape index (κ2) is 9.28. The standard InChI is InChI=1S/C24H21ClN4O4S/c1-16-14-17(25)12-13-20(16)29(34(32,33)18-8-4-3-5-9-18)15-22(30)26-27-23-19-10-6-7-11-21(19)28(2)24(23)31/h3-14,31H,15H2,1-2H3. The minimum absolute atomic E-state index is 0.0285. The molecule has 0 spiro atoms. The van der Waals surface area contributed by atoms with Gasteiger partial charge in [-0.2, -0.15) is 0 Å². The van der Waals surface area contributed by atoms with Crippen LogP contribution in [0.4, 0.5) is 11.4 Å². The Morgan fingerprint density at radius 2 is 1.74 bits per heavy atom. The van der Waals surface area contributed by atoms with Crippen molar-refractivity contribution in [1.29, 1.82) is 0 Å². The summed E-state index contributed by atoms with van der Waals surface area (Å²) < 4.78 is 29.4. The van der Waals surface area contributed by atoms with Gasteiger partial charge >= 0.3 is 0 Å². The molecule has 174 valence electrons. The lowest BCUT2D eigenvalue weighted by molar-refractivity contribution is -0.116. The van der Waals surface area contributed by atoms with Crippen LogP contribution >= 0.6 is 11.6 Å². The van der Waals surface area contributed by atoms with E-state index in [1.54, 1.807) is 68.6 Å². The largest absolute Gasteiger partial charge is 0.493 e. The van der Waals surface area contributed by atoms with Crippen LogP contribution < -0.4 is 4.31 Å². The number of aromatic nitrogens is 1. The second-order valence-corrected chi connectivity index (χ2v) is 9.90. The molecule has 1 N–H and O–H groups in total. The van der Waals surface area contributed by atoms with Gasteiger partial charge in [0.25, 0.3) is 15.9 Å². The molecule has 0 fully saturated rings. The van der Waals surface area contributed by atoms with Gasteiger partial charge in [0.15, 0.2) is 5.69 Å². The van der Waals surface area contributed by atoms with Gasteiger partial charge in [-0.15, -0.1) is 10.2 Å². The number of fused-ring (bicyclic) bond motifs is 1. The summed E-state index contributed by atoms with van der Waals surface area (Å²) >= 11 is 6.05. The first kappa shape index (κ1) is 23.5. The molecule has 0 saturated heterocycles. The maximum Gasteiger partial charge on any atom is 0.285 e. The number of anilines is 1. The van der Waals surface area contributed by atoms with Gasteiger partial charge in [-0.3, -0.25) is 9.10 Å². The highest BCUT2D eigenvalue weighted by Gasteiger charge is 2.28. The minimum Gasteiger partial charge on any atom is -0.493 e. The van der Waals surface area contributed by atoms with Gasteiger partial charge < -0.3 is 9.67 Å². The van der Waals surface area contributed by atoms with Gasteiger partial charge in [-0.1, -0.05) is 48.0 Å². The molecule has 0 saturated carbocycles. The molecule has 10 heteroatoms. The van der Waals surface area contributed by atoms with Crippen LogP contribution in [0, 0.1) is 6.92 Å². The Bertz CT molecular complexity index is 1520. The van der Waals surface area contributed by atoms with E-state index in [-0.39, 0.29) is 16.5 Å². The number of halogens is 1. The molecule has 0 aliphatic heterocycles. The molecule has 34 heavy (non-hydrogen) atoms. The Hall–Kier alpha value is -3.69. The highest BCUT2D eigenvalue weighted by molar-refractivity contribution is 7.92. The molecule has 0 aliphatic rings. The average molecular weight is 497 g/mol. The summed E-state index contributed by atoms with van der Waals surface area (Å²) in [5.74, 6) is -0.957. The van der Waals surface area contributed by atoms with E-state index in [0.717, 1.165) is 4.31 Å². The molecule has 0 aliphatic carbocycles. The normalized spacial score (nSPS) is 11.9. The van der Waals surface area contributed by atoms with Gasteiger partial charge in [0, 0.05) is 17.5 Å². The maximum absolute atomic E-state index is 13.4. The van der Waals surface area contributed by atoms with Crippen molar-refractivity contribution in [2.75, 3.05) is 10.8 Å². The molecule has 0 unspecified atom stereocenters. The molecular formula is C24H21ClN4O4S. The fraction of sp³-hybridized carbons (Fsp3) is 0.125. The summed E-state index contributed by atoms with van der Waals surface area (Å²) in [7, 11) is -2.43. The molecule has 0 radical (unpaired) electrons. The SMILES string of the molecule is Cc1cc(Cl)ccc1N(CC(=O)N=Nc1c(O)n(C)c2ccccc12)S(=O)(=O)c1ccccc1. The topological polar surface area (TPSA) is 104 Å². The fourth-order valence-electron chi connectivity index (χ4n) is 3.64. The number of hydrogen-bond donors (Lipinski definition) is 1. The van der Waals surface area contributed by atoms with E-state index in [4.69, 9.17) is 11.6 Å². The number of carbonyl (C=O) groups is 1. The number of hydrogen-bond acceptors (Lipinski definition) is 5. The van der Waals surface area contributed by atoms with E-state index in [1.807, 2.05) is 6.07 Å². The number of para-hydroxylation sites is 1. The van der Waals surface area contributed by atoms with Gasteiger partial charge in [0.05, 0.1) is 16.1 Å². The number of nitrogens with zero attached hydrogens (tertiary/aromatic N) is 4. The molecule has 1 amide bonds. The molecule has 0 bridgehead atoms. The van der Waals surface area contributed by atoms with E-state index >= 15 is 0 Å². The first-order chi connectivity index (χ1) is 16.2. The molecular weight excluding hydrogens is 476 g/mol. The van der Waals surface area contributed by atoms with Crippen LogP contribution in [-0.4, -0.2) is 30.5 Å². The molecule has 1 aromatic heterocycles. The fourth-order valence-corrected chi connectivity index (χ4v) is 5.36. The molecule has 1 heterocycles. The van der Waals surface area contributed by atoms with Crippen LogP contribution in [0.5, 0.6) is 5.88 Å². The summed E-state index contributed by atoms with van der Waals surface area (Å²) in [5, 5.41) is 19.1. The minimum atomic E-state index is -4.09. The highest BCUT2D eigenvalue weighted by Crippen LogP contribution is 2.38. The summed E-state index contributed by atoms with van der Waals surface area (Å²) in [4.78, 5) is 12.9. The van der Waals surface area contributed by atoms with E-state index in [1.165, 1.54) is 16.7 Å². The van der Waals surface area contributed by atoms with Crippen LogP contribution in [-0.2, 0) is 21.9 Å². The van der Waals surface area contributed by atoms with Crippen LogP contribution in [0.25, 0.3) is 10.9 Å². The number of azo groups is 1. The lowest BCUT2D eigenvalue weighted by Gasteiger charge is -2.24. The van der Waals surface area contributed by atoms with E-state index in [2.05, 4.69) is 10.2 Å². The Labute approximate surface area is 201 Å². The van der Waals surface area contributed by atoms with Crippen molar-refractivity contribution >= 4 is 49.8 Å². The van der Waals surface area contributed by atoms with Crippen molar-refractivity contribution in [1.82, 2.24) is 4.57 Å². The van der Waals surface area contributed by atoms with Crippen molar-refractivity contribution in [3.63, 3.8) is 0 Å². The third kappa shape index (κ3) is 4.40. The number of aromatic hydroxyl groups is 1. The zero-order chi connectivity index (χ0) is 24.5. The summed E-state index contributed by atoms with van der Waals surface area (Å²) in [6.45, 7) is 1.11. The number of carbonyl (C=O) groups excluding carboxylic acids is 1. The van der Waals surface area contributed by atoms with Gasteiger partial charge in [0.2, 0.25) is 5.88 Å². The zero-order valence-corrected chi connectivity index (χ0v) is 20.0. The number of benzene rings is 3. The Morgan fingerprint density at radius 3 is 2.44 bits per heavy atom. The van der Waals surface area contributed by atoms with Crippen molar-refractivity contribution < 1.29 is 18.3 Å². The third-order valence-electron chi connectivity index (χ3n) is 5.35. The Morgan fingerprint density at radius 1 is 1.06 bits per heavy atom. The van der Waals surface area contributed by atoms with Crippen molar-refractivity contribution in [2.24, 2.45) is 17.3 Å². The number of rotatable bonds is 6. The highest BCUT2D eigenvalue weighted by atomic mass is 35.5. The van der Waals surface area contributed by atoms with Gasteiger partial charge in [-0.25, -0.2) is 8.42 Å². The molecule has 3 aromatic carbocycles. The lowest BCUT2D eigenvalue weighted by Crippen LogP contribution is -2.35. The predicted octanol–water partition coefficient (Wildman–Crippen LogP) is 5.35. The van der Waals surface area contributed by atoms with Crippen LogP contribution in [0.15, 0.2) is 87.9 Å². The number of aryl methyl sites for hydroxylation is 2. The quantitative estimate of drug-likeness (QED) is 0.363. The van der Waals surface area contributed by atoms with E-state index in [0.29, 0.717) is 27.2 Å². The van der Waals surface area contributed by atoms with Crippen LogP contribution in [0.3, 0.4) is 0 Å². The molecule has 0 atom stereocenters. The molecule has 4 rings (SSSR count). The van der Waals surface area contributed by atoms with Crippen molar-refractivity contribution in [3.8, 4) is 5.88 Å². The van der Waals surface area contributed by atoms with E-state index < -0.39 is 22.5 Å². The Balaban J connectivity index is 1.71. The molecule has 4 aromatic rings. The third-order valence-corrected chi connectivity index (χ3v) is 7.36. The second-order valence-electron chi connectivity index (χ2n) is 7.60.